The minimum absolute atomic E-state index is 0.110. The van der Waals surface area contributed by atoms with Crippen LogP contribution < -0.4 is 0 Å². The number of thiophene rings is 1. The lowest BCUT2D eigenvalue weighted by Crippen LogP contribution is -1.82. The summed E-state index contributed by atoms with van der Waals surface area (Å²) in [5.41, 5.74) is 0. The average molecular weight is 161 g/mol. The van der Waals surface area contributed by atoms with Crippen LogP contribution in [0.1, 0.15) is 0 Å². The Bertz CT molecular complexity index is 232. The van der Waals surface area contributed by atoms with Gasteiger partial charge in [-0.2, -0.15) is 0 Å². The highest BCUT2D eigenvalue weighted by molar-refractivity contribution is 7.80. The molecule has 1 heterocycles. The van der Waals surface area contributed by atoms with Gasteiger partial charge in [-0.1, -0.05) is 11.3 Å². The molecule has 0 fully saturated rings. The minimum atomic E-state index is -0.437. The zero-order valence-corrected chi connectivity index (χ0v) is 5.98. The molecular weight excluding hydrogens is 158 g/mol. The molecule has 0 aliphatic heterocycles. The van der Waals surface area contributed by atoms with Crippen molar-refractivity contribution in [2.75, 3.05) is 0 Å². The van der Waals surface area contributed by atoms with Crippen LogP contribution in [0, 0.1) is 10.1 Å². The zero-order valence-electron chi connectivity index (χ0n) is 4.27. The third-order valence-electron chi connectivity index (χ3n) is 0.791. The van der Waals surface area contributed by atoms with Gasteiger partial charge in [-0.3, -0.25) is 10.1 Å². The van der Waals surface area contributed by atoms with Gasteiger partial charge in [0.2, 0.25) is 0 Å². The van der Waals surface area contributed by atoms with Crippen molar-refractivity contribution >= 4 is 29.0 Å². The Labute approximate surface area is 60.9 Å². The Kier molecular flexibility index (Phi) is 1.73. The zero-order chi connectivity index (χ0) is 6.85. The summed E-state index contributed by atoms with van der Waals surface area (Å²) in [6, 6.07) is 1.60. The number of nitro groups is 1. The average Bonchev–Trinajstić information content (AvgIpc) is 2.13. The van der Waals surface area contributed by atoms with Gasteiger partial charge in [0.05, 0.1) is 9.82 Å². The standard InChI is InChI=1S/C4H3NO2S2/c6-5(7)4-3(8)1-2-9-4/h1-2,8H. The van der Waals surface area contributed by atoms with Crippen LogP contribution in [0.3, 0.4) is 0 Å². The fourth-order valence-electron chi connectivity index (χ4n) is 0.431. The summed E-state index contributed by atoms with van der Waals surface area (Å²) >= 11 is 4.94. The van der Waals surface area contributed by atoms with Crippen molar-refractivity contribution in [1.29, 1.82) is 0 Å². The quantitative estimate of drug-likeness (QED) is 0.388. The van der Waals surface area contributed by atoms with Crippen molar-refractivity contribution < 1.29 is 4.92 Å². The predicted molar refractivity (Wildman–Crippen MR) is 38.2 cm³/mol. The SMILES string of the molecule is O=[N+]([O-])c1sccc1S. The second-order valence-corrected chi connectivity index (χ2v) is 2.74. The number of hydrogen-bond acceptors (Lipinski definition) is 4. The van der Waals surface area contributed by atoms with E-state index in [1.807, 2.05) is 0 Å². The van der Waals surface area contributed by atoms with Gasteiger partial charge in [0.15, 0.2) is 0 Å². The van der Waals surface area contributed by atoms with Gasteiger partial charge in [0, 0.05) is 0 Å². The molecular formula is C4H3NO2S2. The van der Waals surface area contributed by atoms with E-state index in [0.29, 0.717) is 4.90 Å². The maximum atomic E-state index is 10.0. The molecule has 0 saturated carbocycles. The Balaban J connectivity index is 3.08. The van der Waals surface area contributed by atoms with Crippen LogP contribution in [0.4, 0.5) is 5.00 Å². The summed E-state index contributed by atoms with van der Waals surface area (Å²) in [5.74, 6) is 0. The van der Waals surface area contributed by atoms with Gasteiger partial charge in [0.1, 0.15) is 0 Å². The Hall–Kier alpha value is -0.550. The highest BCUT2D eigenvalue weighted by Crippen LogP contribution is 2.27. The summed E-state index contributed by atoms with van der Waals surface area (Å²) in [6.45, 7) is 0. The van der Waals surface area contributed by atoms with E-state index in [1.165, 1.54) is 0 Å². The van der Waals surface area contributed by atoms with Gasteiger partial charge in [-0.05, 0) is 11.4 Å². The van der Waals surface area contributed by atoms with Crippen LogP contribution in [-0.4, -0.2) is 4.92 Å². The van der Waals surface area contributed by atoms with E-state index in [0.717, 1.165) is 11.3 Å². The van der Waals surface area contributed by atoms with E-state index in [4.69, 9.17) is 0 Å². The van der Waals surface area contributed by atoms with Crippen molar-refractivity contribution in [3.05, 3.63) is 21.6 Å². The maximum absolute atomic E-state index is 10.0. The van der Waals surface area contributed by atoms with Gasteiger partial charge in [-0.15, -0.1) is 12.6 Å². The first-order valence-corrected chi connectivity index (χ1v) is 3.45. The summed E-state index contributed by atoms with van der Waals surface area (Å²) < 4.78 is 0. The molecule has 0 spiro atoms. The summed E-state index contributed by atoms with van der Waals surface area (Å²) in [6.07, 6.45) is 0. The molecule has 0 saturated heterocycles. The maximum Gasteiger partial charge on any atom is 0.337 e. The minimum Gasteiger partial charge on any atom is -0.258 e. The van der Waals surface area contributed by atoms with Gasteiger partial charge >= 0.3 is 5.00 Å². The molecule has 48 valence electrons. The van der Waals surface area contributed by atoms with Crippen LogP contribution in [-0.2, 0) is 0 Å². The number of hydrogen-bond donors (Lipinski definition) is 1. The van der Waals surface area contributed by atoms with Crippen molar-refractivity contribution in [3.63, 3.8) is 0 Å². The monoisotopic (exact) mass is 161 g/mol. The van der Waals surface area contributed by atoms with E-state index in [9.17, 15) is 10.1 Å². The fourth-order valence-corrected chi connectivity index (χ4v) is 1.45. The van der Waals surface area contributed by atoms with Crippen LogP contribution in [0.25, 0.3) is 0 Å². The van der Waals surface area contributed by atoms with Gasteiger partial charge in [0.25, 0.3) is 0 Å². The Morgan fingerprint density at radius 2 is 2.44 bits per heavy atom. The number of rotatable bonds is 1. The van der Waals surface area contributed by atoms with E-state index in [2.05, 4.69) is 12.6 Å². The predicted octanol–water partition coefficient (Wildman–Crippen LogP) is 1.94. The Morgan fingerprint density at radius 3 is 2.67 bits per heavy atom. The van der Waals surface area contributed by atoms with Crippen molar-refractivity contribution in [2.24, 2.45) is 0 Å². The first kappa shape index (κ1) is 6.57. The van der Waals surface area contributed by atoms with Crippen LogP contribution in [0.5, 0.6) is 0 Å². The normalized spacial score (nSPS) is 9.44. The fraction of sp³-hybridized carbons (Fsp3) is 0. The smallest absolute Gasteiger partial charge is 0.258 e. The molecule has 0 amide bonds. The molecule has 0 radical (unpaired) electrons. The molecule has 9 heavy (non-hydrogen) atoms. The lowest BCUT2D eigenvalue weighted by Gasteiger charge is -1.82. The molecule has 0 N–H and O–H groups in total. The highest BCUT2D eigenvalue weighted by Gasteiger charge is 2.10. The third kappa shape index (κ3) is 1.22. The third-order valence-corrected chi connectivity index (χ3v) is 2.17. The highest BCUT2D eigenvalue weighted by atomic mass is 32.1. The molecule has 0 aliphatic rings. The molecule has 0 bridgehead atoms. The molecule has 5 heteroatoms. The van der Waals surface area contributed by atoms with Crippen LogP contribution in [0.2, 0.25) is 0 Å². The van der Waals surface area contributed by atoms with Crippen LogP contribution >= 0.6 is 24.0 Å². The summed E-state index contributed by atoms with van der Waals surface area (Å²) in [7, 11) is 0. The van der Waals surface area contributed by atoms with Crippen molar-refractivity contribution in [3.8, 4) is 0 Å². The molecule has 0 atom stereocenters. The van der Waals surface area contributed by atoms with Crippen LogP contribution in [0.15, 0.2) is 16.3 Å². The van der Waals surface area contributed by atoms with E-state index >= 15 is 0 Å². The van der Waals surface area contributed by atoms with Crippen molar-refractivity contribution in [1.82, 2.24) is 0 Å². The molecule has 1 rings (SSSR count). The summed E-state index contributed by atoms with van der Waals surface area (Å²) in [5, 5.41) is 11.8. The Morgan fingerprint density at radius 1 is 1.78 bits per heavy atom. The van der Waals surface area contributed by atoms with Gasteiger partial charge in [-0.25, -0.2) is 0 Å². The second kappa shape index (κ2) is 2.36. The van der Waals surface area contributed by atoms with E-state index < -0.39 is 4.92 Å². The second-order valence-electron chi connectivity index (χ2n) is 1.37. The molecule has 0 unspecified atom stereocenters. The number of thiol groups is 1. The molecule has 0 aromatic carbocycles. The first-order chi connectivity index (χ1) is 4.22. The number of nitrogens with zero attached hydrogens (tertiary/aromatic N) is 1. The topological polar surface area (TPSA) is 43.1 Å². The van der Waals surface area contributed by atoms with Crippen molar-refractivity contribution in [2.45, 2.75) is 4.90 Å². The van der Waals surface area contributed by atoms with Gasteiger partial charge < -0.3 is 0 Å². The molecule has 3 nitrogen and oxygen atoms in total. The largest absolute Gasteiger partial charge is 0.337 e. The van der Waals surface area contributed by atoms with E-state index in [1.54, 1.807) is 11.4 Å². The molecule has 1 aromatic heterocycles. The lowest BCUT2D eigenvalue weighted by atomic mass is 10.6. The molecule has 1 aromatic rings. The first-order valence-electron chi connectivity index (χ1n) is 2.12. The summed E-state index contributed by atoms with van der Waals surface area (Å²) in [4.78, 5) is 10.0. The van der Waals surface area contributed by atoms with E-state index in [-0.39, 0.29) is 5.00 Å². The lowest BCUT2D eigenvalue weighted by molar-refractivity contribution is -0.382. The molecule has 0 aliphatic carbocycles.